The van der Waals surface area contributed by atoms with Gasteiger partial charge < -0.3 is 11.1 Å². The maximum Gasteiger partial charge on any atom is 0.152 e. The first-order chi connectivity index (χ1) is 8.90. The van der Waals surface area contributed by atoms with Crippen LogP contribution in [-0.4, -0.2) is 9.78 Å². The number of hydrogen-bond donors (Lipinski definition) is 2. The van der Waals surface area contributed by atoms with Gasteiger partial charge in [0.15, 0.2) is 5.82 Å². The summed E-state index contributed by atoms with van der Waals surface area (Å²) in [4.78, 5) is 0. The molecular weight excluding hydrogens is 243 g/mol. The lowest BCUT2D eigenvalue weighted by Crippen LogP contribution is -2.08. The second kappa shape index (κ2) is 4.91. The third-order valence-corrected chi connectivity index (χ3v) is 3.00. The van der Waals surface area contributed by atoms with Crippen molar-refractivity contribution < 1.29 is 4.39 Å². The summed E-state index contributed by atoms with van der Waals surface area (Å²) in [6, 6.07) is 5.19. The van der Waals surface area contributed by atoms with Crippen LogP contribution in [0.2, 0.25) is 0 Å². The molecule has 0 saturated heterocycles. The lowest BCUT2D eigenvalue weighted by molar-refractivity contribution is 0.536. The number of nitrogens with two attached hydrogens (primary N) is 1. The van der Waals surface area contributed by atoms with Crippen molar-refractivity contribution in [2.45, 2.75) is 33.7 Å². The summed E-state index contributed by atoms with van der Waals surface area (Å²) in [5, 5.41) is 7.40. The predicted molar refractivity (Wildman–Crippen MR) is 76.2 cm³/mol. The Balaban J connectivity index is 2.43. The molecule has 1 aromatic heterocycles. The summed E-state index contributed by atoms with van der Waals surface area (Å²) >= 11 is 0. The van der Waals surface area contributed by atoms with Crippen molar-refractivity contribution in [1.82, 2.24) is 9.78 Å². The SMILES string of the molecule is Cc1ccc(Nc2c(N)c(C)nn2C(C)C)c(F)c1. The van der Waals surface area contributed by atoms with E-state index < -0.39 is 0 Å². The number of nitrogens with one attached hydrogen (secondary N) is 1. The van der Waals surface area contributed by atoms with E-state index in [0.29, 0.717) is 17.2 Å². The molecule has 3 N–H and O–H groups in total. The summed E-state index contributed by atoms with van der Waals surface area (Å²) in [6.45, 7) is 7.69. The van der Waals surface area contributed by atoms with Crippen LogP contribution >= 0.6 is 0 Å². The zero-order chi connectivity index (χ0) is 14.2. The minimum absolute atomic E-state index is 0.145. The quantitative estimate of drug-likeness (QED) is 0.889. The monoisotopic (exact) mass is 262 g/mol. The van der Waals surface area contributed by atoms with Crippen LogP contribution in [0.4, 0.5) is 21.6 Å². The van der Waals surface area contributed by atoms with E-state index in [2.05, 4.69) is 10.4 Å². The highest BCUT2D eigenvalue weighted by Crippen LogP contribution is 2.29. The Morgan fingerprint density at radius 2 is 2.00 bits per heavy atom. The van der Waals surface area contributed by atoms with E-state index in [1.54, 1.807) is 10.7 Å². The van der Waals surface area contributed by atoms with E-state index >= 15 is 0 Å². The maximum atomic E-state index is 13.9. The largest absolute Gasteiger partial charge is 0.394 e. The number of halogens is 1. The van der Waals surface area contributed by atoms with Gasteiger partial charge in [-0.15, -0.1) is 0 Å². The van der Waals surface area contributed by atoms with Crippen molar-refractivity contribution in [3.63, 3.8) is 0 Å². The third kappa shape index (κ3) is 2.54. The zero-order valence-corrected chi connectivity index (χ0v) is 11.7. The third-order valence-electron chi connectivity index (χ3n) is 3.00. The Kier molecular flexibility index (Phi) is 3.46. The summed E-state index contributed by atoms with van der Waals surface area (Å²) < 4.78 is 15.6. The molecule has 0 aliphatic rings. The van der Waals surface area contributed by atoms with E-state index in [1.165, 1.54) is 6.07 Å². The highest BCUT2D eigenvalue weighted by molar-refractivity contribution is 5.71. The number of rotatable bonds is 3. The van der Waals surface area contributed by atoms with Gasteiger partial charge in [-0.3, -0.25) is 0 Å². The lowest BCUT2D eigenvalue weighted by Gasteiger charge is -2.14. The summed E-state index contributed by atoms with van der Waals surface area (Å²) in [5.41, 5.74) is 8.57. The minimum Gasteiger partial charge on any atom is -0.394 e. The number of aromatic nitrogens is 2. The van der Waals surface area contributed by atoms with Gasteiger partial charge in [0.05, 0.1) is 17.1 Å². The molecule has 2 rings (SSSR count). The Bertz CT molecular complexity index is 602. The van der Waals surface area contributed by atoms with Gasteiger partial charge in [0, 0.05) is 6.04 Å². The zero-order valence-electron chi connectivity index (χ0n) is 11.7. The van der Waals surface area contributed by atoms with E-state index in [-0.39, 0.29) is 11.9 Å². The second-order valence-electron chi connectivity index (χ2n) is 4.99. The van der Waals surface area contributed by atoms with Crippen LogP contribution in [0.25, 0.3) is 0 Å². The number of hydrogen-bond acceptors (Lipinski definition) is 3. The Hall–Kier alpha value is -2.04. The number of aryl methyl sites for hydroxylation is 2. The molecule has 0 bridgehead atoms. The van der Waals surface area contributed by atoms with Crippen LogP contribution in [0, 0.1) is 19.7 Å². The van der Waals surface area contributed by atoms with E-state index in [0.717, 1.165) is 11.3 Å². The molecule has 4 nitrogen and oxygen atoms in total. The predicted octanol–water partition coefficient (Wildman–Crippen LogP) is 3.55. The molecule has 0 amide bonds. The molecule has 0 radical (unpaired) electrons. The smallest absolute Gasteiger partial charge is 0.152 e. The molecule has 0 aliphatic heterocycles. The molecular formula is C14H19FN4. The van der Waals surface area contributed by atoms with Gasteiger partial charge in [0.1, 0.15) is 5.82 Å². The van der Waals surface area contributed by atoms with Crippen LogP contribution in [0.3, 0.4) is 0 Å². The fourth-order valence-corrected chi connectivity index (χ4v) is 1.91. The molecule has 0 unspecified atom stereocenters. The normalized spacial score (nSPS) is 11.1. The average Bonchev–Trinajstić information content (AvgIpc) is 2.61. The Morgan fingerprint density at radius 3 is 2.58 bits per heavy atom. The molecule has 0 aliphatic carbocycles. The molecule has 0 spiro atoms. The number of nitrogen functional groups attached to an aromatic ring is 1. The Labute approximate surface area is 112 Å². The molecule has 102 valence electrons. The fraction of sp³-hybridized carbons (Fsp3) is 0.357. The fourth-order valence-electron chi connectivity index (χ4n) is 1.91. The van der Waals surface area contributed by atoms with Crippen LogP contribution in [0.5, 0.6) is 0 Å². The topological polar surface area (TPSA) is 55.9 Å². The summed E-state index contributed by atoms with van der Waals surface area (Å²) in [6.07, 6.45) is 0. The highest BCUT2D eigenvalue weighted by Gasteiger charge is 2.16. The van der Waals surface area contributed by atoms with Gasteiger partial charge in [0.25, 0.3) is 0 Å². The molecule has 1 heterocycles. The molecule has 0 atom stereocenters. The van der Waals surface area contributed by atoms with Crippen LogP contribution in [-0.2, 0) is 0 Å². The van der Waals surface area contributed by atoms with Gasteiger partial charge in [-0.1, -0.05) is 6.07 Å². The second-order valence-corrected chi connectivity index (χ2v) is 4.99. The number of nitrogens with zero attached hydrogens (tertiary/aromatic N) is 2. The first-order valence-corrected chi connectivity index (χ1v) is 6.28. The van der Waals surface area contributed by atoms with E-state index in [9.17, 15) is 4.39 Å². The van der Waals surface area contributed by atoms with Crippen LogP contribution in [0.1, 0.15) is 31.1 Å². The van der Waals surface area contributed by atoms with Crippen molar-refractivity contribution in [3.05, 3.63) is 35.3 Å². The first-order valence-electron chi connectivity index (χ1n) is 6.28. The Morgan fingerprint density at radius 1 is 1.32 bits per heavy atom. The lowest BCUT2D eigenvalue weighted by atomic mass is 10.2. The van der Waals surface area contributed by atoms with Gasteiger partial charge in [-0.25, -0.2) is 9.07 Å². The van der Waals surface area contributed by atoms with Gasteiger partial charge in [-0.05, 0) is 45.4 Å². The number of anilines is 3. The molecule has 0 saturated carbocycles. The highest BCUT2D eigenvalue weighted by atomic mass is 19.1. The van der Waals surface area contributed by atoms with Crippen molar-refractivity contribution in [2.24, 2.45) is 0 Å². The van der Waals surface area contributed by atoms with Crippen molar-refractivity contribution >= 4 is 17.2 Å². The maximum absolute atomic E-state index is 13.9. The van der Waals surface area contributed by atoms with E-state index in [4.69, 9.17) is 5.73 Å². The van der Waals surface area contributed by atoms with Gasteiger partial charge in [-0.2, -0.15) is 5.10 Å². The van der Waals surface area contributed by atoms with E-state index in [1.807, 2.05) is 33.8 Å². The van der Waals surface area contributed by atoms with Crippen LogP contribution in [0.15, 0.2) is 18.2 Å². The summed E-state index contributed by atoms with van der Waals surface area (Å²) in [7, 11) is 0. The van der Waals surface area contributed by atoms with Crippen LogP contribution < -0.4 is 11.1 Å². The minimum atomic E-state index is -0.298. The molecule has 2 aromatic rings. The van der Waals surface area contributed by atoms with Crippen molar-refractivity contribution in [3.8, 4) is 0 Å². The standard InChI is InChI=1S/C14H19FN4/c1-8(2)19-14(13(16)10(4)18-19)17-12-6-5-9(3)7-11(12)15/h5-8,17H,16H2,1-4H3. The molecule has 5 heteroatoms. The molecule has 0 fully saturated rings. The molecule has 1 aromatic carbocycles. The van der Waals surface area contributed by atoms with Gasteiger partial charge >= 0.3 is 0 Å². The molecule has 19 heavy (non-hydrogen) atoms. The number of benzene rings is 1. The van der Waals surface area contributed by atoms with Crippen molar-refractivity contribution in [1.29, 1.82) is 0 Å². The first kappa shape index (κ1) is 13.4. The average molecular weight is 262 g/mol. The summed E-state index contributed by atoms with van der Waals surface area (Å²) in [5.74, 6) is 0.337. The van der Waals surface area contributed by atoms with Crippen molar-refractivity contribution in [2.75, 3.05) is 11.1 Å². The van der Waals surface area contributed by atoms with Gasteiger partial charge in [0.2, 0.25) is 0 Å².